The van der Waals surface area contributed by atoms with Gasteiger partial charge in [0.05, 0.1) is 7.11 Å². The third-order valence-electron chi connectivity index (χ3n) is 1.38. The smallest absolute Gasteiger partial charge is 0.338 e. The topological polar surface area (TPSA) is 52.3 Å². The predicted molar refractivity (Wildman–Crippen MR) is 42.3 cm³/mol. The van der Waals surface area contributed by atoms with Crippen molar-refractivity contribution in [3.63, 3.8) is 0 Å². The van der Waals surface area contributed by atoms with Crippen LogP contribution in [0.4, 0.5) is 0 Å². The fourth-order valence-electron chi connectivity index (χ4n) is 0.874. The number of aromatic nitrogens is 4. The molecule has 2 rings (SSSR count). The Labute approximate surface area is 72.9 Å². The highest BCUT2D eigenvalue weighted by molar-refractivity contribution is 6.29. The van der Waals surface area contributed by atoms with Crippen LogP contribution >= 0.6 is 11.6 Å². The largest absolute Gasteiger partial charge is 0.466 e. The molecule has 62 valence electrons. The molecule has 0 saturated carbocycles. The van der Waals surface area contributed by atoms with Gasteiger partial charge in [0.1, 0.15) is 5.15 Å². The first kappa shape index (κ1) is 7.30. The molecule has 2 aromatic rings. The van der Waals surface area contributed by atoms with E-state index in [2.05, 4.69) is 15.3 Å². The molecule has 0 aliphatic rings. The molecule has 0 bridgehead atoms. The van der Waals surface area contributed by atoms with Gasteiger partial charge in [-0.25, -0.2) is 0 Å². The molecule has 2 aromatic heterocycles. The van der Waals surface area contributed by atoms with Crippen molar-refractivity contribution in [2.75, 3.05) is 7.11 Å². The van der Waals surface area contributed by atoms with Crippen LogP contribution < -0.4 is 4.74 Å². The molecule has 6 heteroatoms. The van der Waals surface area contributed by atoms with Crippen molar-refractivity contribution in [2.45, 2.75) is 0 Å². The molecule has 2 heterocycles. The van der Waals surface area contributed by atoms with Crippen molar-refractivity contribution in [3.05, 3.63) is 17.3 Å². The van der Waals surface area contributed by atoms with Gasteiger partial charge in [-0.2, -0.15) is 4.52 Å². The number of hydrogen-bond donors (Lipinski definition) is 0. The molecule has 0 aliphatic carbocycles. The Bertz CT molecular complexity index is 413. The van der Waals surface area contributed by atoms with Crippen LogP contribution in [0.2, 0.25) is 5.15 Å². The van der Waals surface area contributed by atoms with Crippen LogP contribution in [0.5, 0.6) is 6.01 Å². The SMILES string of the molecule is COc1nnc2ccc(Cl)nn12. The summed E-state index contributed by atoms with van der Waals surface area (Å²) in [6.07, 6.45) is 0. The van der Waals surface area contributed by atoms with Gasteiger partial charge >= 0.3 is 6.01 Å². The van der Waals surface area contributed by atoms with E-state index in [1.165, 1.54) is 11.6 Å². The first-order valence-corrected chi connectivity index (χ1v) is 3.61. The van der Waals surface area contributed by atoms with Crippen LogP contribution in [0.3, 0.4) is 0 Å². The fraction of sp³-hybridized carbons (Fsp3) is 0.167. The normalized spacial score (nSPS) is 10.5. The summed E-state index contributed by atoms with van der Waals surface area (Å²) in [5, 5.41) is 11.8. The number of nitrogens with zero attached hydrogens (tertiary/aromatic N) is 4. The standard InChI is InChI=1S/C6H5ClN4O/c1-12-6-9-8-5-3-2-4(7)10-11(5)6/h2-3H,1H3. The lowest BCUT2D eigenvalue weighted by Gasteiger charge is -1.94. The molecule has 0 aliphatic heterocycles. The van der Waals surface area contributed by atoms with Gasteiger partial charge in [-0.05, 0) is 12.1 Å². The van der Waals surface area contributed by atoms with E-state index in [0.717, 1.165) is 0 Å². The molecule has 0 unspecified atom stereocenters. The van der Waals surface area contributed by atoms with Crippen LogP contribution in [-0.2, 0) is 0 Å². The maximum Gasteiger partial charge on any atom is 0.338 e. The number of ether oxygens (including phenoxy) is 1. The summed E-state index contributed by atoms with van der Waals surface area (Å²) < 4.78 is 6.32. The molecule has 0 fully saturated rings. The second-order valence-electron chi connectivity index (χ2n) is 2.11. The summed E-state index contributed by atoms with van der Waals surface area (Å²) in [7, 11) is 1.50. The van der Waals surface area contributed by atoms with Gasteiger partial charge < -0.3 is 4.74 Å². The van der Waals surface area contributed by atoms with E-state index >= 15 is 0 Å². The Balaban J connectivity index is 2.75. The minimum Gasteiger partial charge on any atom is -0.466 e. The third-order valence-corrected chi connectivity index (χ3v) is 1.59. The monoisotopic (exact) mass is 184 g/mol. The summed E-state index contributed by atoms with van der Waals surface area (Å²) in [5.74, 6) is 0. The minimum atomic E-state index is 0.326. The van der Waals surface area contributed by atoms with Gasteiger partial charge in [0.25, 0.3) is 0 Å². The second-order valence-corrected chi connectivity index (χ2v) is 2.50. The van der Waals surface area contributed by atoms with Crippen molar-refractivity contribution >= 4 is 17.2 Å². The summed E-state index contributed by atoms with van der Waals surface area (Å²) >= 11 is 5.66. The zero-order chi connectivity index (χ0) is 8.55. The van der Waals surface area contributed by atoms with Crippen LogP contribution in [0, 0.1) is 0 Å². The Morgan fingerprint density at radius 3 is 3.00 bits per heavy atom. The van der Waals surface area contributed by atoms with Crippen LogP contribution in [0.1, 0.15) is 0 Å². The molecular weight excluding hydrogens is 180 g/mol. The summed E-state index contributed by atoms with van der Waals surface area (Å²) in [4.78, 5) is 0. The average Bonchev–Trinajstić information content (AvgIpc) is 2.46. The van der Waals surface area contributed by atoms with E-state index in [1.54, 1.807) is 12.1 Å². The molecule has 0 N–H and O–H groups in total. The maximum absolute atomic E-state index is 5.66. The number of methoxy groups -OCH3 is 1. The molecular formula is C6H5ClN4O. The van der Waals surface area contributed by atoms with E-state index in [4.69, 9.17) is 16.3 Å². The third kappa shape index (κ3) is 0.984. The highest BCUT2D eigenvalue weighted by atomic mass is 35.5. The molecule has 0 spiro atoms. The number of halogens is 1. The minimum absolute atomic E-state index is 0.326. The number of fused-ring (bicyclic) bond motifs is 1. The number of hydrogen-bond acceptors (Lipinski definition) is 4. The van der Waals surface area contributed by atoms with Crippen molar-refractivity contribution in [1.82, 2.24) is 19.8 Å². The van der Waals surface area contributed by atoms with Gasteiger partial charge in [-0.1, -0.05) is 16.7 Å². The Morgan fingerprint density at radius 2 is 2.25 bits per heavy atom. The molecule has 0 aromatic carbocycles. The van der Waals surface area contributed by atoms with Gasteiger partial charge in [0, 0.05) is 0 Å². The van der Waals surface area contributed by atoms with Gasteiger partial charge in [-0.3, -0.25) is 0 Å². The van der Waals surface area contributed by atoms with E-state index in [-0.39, 0.29) is 0 Å². The highest BCUT2D eigenvalue weighted by Gasteiger charge is 2.05. The van der Waals surface area contributed by atoms with Crippen molar-refractivity contribution in [2.24, 2.45) is 0 Å². The Hall–Kier alpha value is -1.36. The summed E-state index contributed by atoms with van der Waals surface area (Å²) in [6.45, 7) is 0. The first-order valence-electron chi connectivity index (χ1n) is 3.23. The molecule has 0 radical (unpaired) electrons. The number of rotatable bonds is 1. The van der Waals surface area contributed by atoms with Crippen molar-refractivity contribution in [1.29, 1.82) is 0 Å². The van der Waals surface area contributed by atoms with Gasteiger partial charge in [0.2, 0.25) is 0 Å². The fourth-order valence-corrected chi connectivity index (χ4v) is 1.01. The zero-order valence-electron chi connectivity index (χ0n) is 6.23. The lowest BCUT2D eigenvalue weighted by atomic mass is 10.6. The predicted octanol–water partition coefficient (Wildman–Crippen LogP) is 0.786. The van der Waals surface area contributed by atoms with E-state index < -0.39 is 0 Å². The van der Waals surface area contributed by atoms with Crippen molar-refractivity contribution < 1.29 is 4.74 Å². The molecule has 12 heavy (non-hydrogen) atoms. The second kappa shape index (κ2) is 2.60. The van der Waals surface area contributed by atoms with Gasteiger partial charge in [-0.15, -0.1) is 10.2 Å². The van der Waals surface area contributed by atoms with Crippen LogP contribution in [0.15, 0.2) is 12.1 Å². The van der Waals surface area contributed by atoms with Crippen LogP contribution in [0.25, 0.3) is 5.65 Å². The first-order chi connectivity index (χ1) is 5.81. The maximum atomic E-state index is 5.66. The summed E-state index contributed by atoms with van der Waals surface area (Å²) in [5.41, 5.74) is 0.608. The lowest BCUT2D eigenvalue weighted by Crippen LogP contribution is -1.95. The van der Waals surface area contributed by atoms with Gasteiger partial charge in [0.15, 0.2) is 5.65 Å². The Morgan fingerprint density at radius 1 is 1.42 bits per heavy atom. The Kier molecular flexibility index (Phi) is 1.58. The molecule has 0 saturated heterocycles. The molecule has 5 nitrogen and oxygen atoms in total. The van der Waals surface area contributed by atoms with Crippen molar-refractivity contribution in [3.8, 4) is 6.01 Å². The summed E-state index contributed by atoms with van der Waals surface area (Å²) in [6, 6.07) is 3.68. The van der Waals surface area contributed by atoms with E-state index in [1.807, 2.05) is 0 Å². The highest BCUT2D eigenvalue weighted by Crippen LogP contribution is 2.10. The molecule has 0 amide bonds. The van der Waals surface area contributed by atoms with E-state index in [0.29, 0.717) is 16.8 Å². The van der Waals surface area contributed by atoms with E-state index in [9.17, 15) is 0 Å². The lowest BCUT2D eigenvalue weighted by molar-refractivity contribution is 0.369. The average molecular weight is 185 g/mol. The zero-order valence-corrected chi connectivity index (χ0v) is 6.99. The van der Waals surface area contributed by atoms with Crippen LogP contribution in [-0.4, -0.2) is 26.9 Å². The molecule has 0 atom stereocenters. The quantitative estimate of drug-likeness (QED) is 0.658.